The number of nitrogens with two attached hydrogens (primary N) is 1. The highest BCUT2D eigenvalue weighted by molar-refractivity contribution is 5.76. The number of rotatable bonds is 2. The topological polar surface area (TPSA) is 52.0 Å². The van der Waals surface area contributed by atoms with Gasteiger partial charge in [-0.05, 0) is 44.2 Å². The molecule has 0 radical (unpaired) electrons. The lowest BCUT2D eigenvalue weighted by Crippen LogP contribution is -2.35. The van der Waals surface area contributed by atoms with Crippen LogP contribution < -0.4 is 5.73 Å². The zero-order valence-corrected chi connectivity index (χ0v) is 9.66. The maximum Gasteiger partial charge on any atom is 0.215 e. The molecule has 1 aliphatic carbocycles. The summed E-state index contributed by atoms with van der Waals surface area (Å²) in [7, 11) is 0. The predicted molar refractivity (Wildman–Crippen MR) is 63.0 cm³/mol. The summed E-state index contributed by atoms with van der Waals surface area (Å²) in [4.78, 5) is 4.55. The van der Waals surface area contributed by atoms with E-state index < -0.39 is 5.54 Å². The molecule has 3 nitrogen and oxygen atoms in total. The van der Waals surface area contributed by atoms with Crippen molar-refractivity contribution >= 4 is 11.1 Å². The van der Waals surface area contributed by atoms with Gasteiger partial charge in [0.2, 0.25) is 5.89 Å². The Hall–Kier alpha value is -1.35. The third-order valence-corrected chi connectivity index (χ3v) is 3.51. The second-order valence-electron chi connectivity index (χ2n) is 5.00. The monoisotopic (exact) mass is 216 g/mol. The van der Waals surface area contributed by atoms with Crippen LogP contribution in [0, 0.1) is 12.8 Å². The summed E-state index contributed by atoms with van der Waals surface area (Å²) < 4.78 is 5.78. The van der Waals surface area contributed by atoms with E-state index in [1.54, 1.807) is 0 Å². The summed E-state index contributed by atoms with van der Waals surface area (Å²) in [6.45, 7) is 4.06. The maximum atomic E-state index is 6.30. The molecule has 2 N–H and O–H groups in total. The average Bonchev–Trinajstić information content (AvgIpc) is 2.99. The zero-order chi connectivity index (χ0) is 11.3. The van der Waals surface area contributed by atoms with Crippen LogP contribution in [-0.4, -0.2) is 4.98 Å². The molecular formula is C13H16N2O. The van der Waals surface area contributed by atoms with Crippen LogP contribution in [0.2, 0.25) is 0 Å². The molecular weight excluding hydrogens is 200 g/mol. The number of fused-ring (bicyclic) bond motifs is 1. The van der Waals surface area contributed by atoms with Crippen molar-refractivity contribution in [3.63, 3.8) is 0 Å². The molecule has 1 atom stereocenters. The van der Waals surface area contributed by atoms with Crippen LogP contribution in [-0.2, 0) is 5.54 Å². The van der Waals surface area contributed by atoms with Crippen LogP contribution in [0.25, 0.3) is 11.1 Å². The smallest absolute Gasteiger partial charge is 0.215 e. The van der Waals surface area contributed by atoms with Gasteiger partial charge in [-0.2, -0.15) is 0 Å². The Bertz CT molecular complexity index is 538. The van der Waals surface area contributed by atoms with E-state index in [4.69, 9.17) is 10.2 Å². The molecule has 0 bridgehead atoms. The first kappa shape index (κ1) is 9.85. The van der Waals surface area contributed by atoms with Gasteiger partial charge in [-0.1, -0.05) is 12.1 Å². The fraction of sp³-hybridized carbons (Fsp3) is 0.462. The summed E-state index contributed by atoms with van der Waals surface area (Å²) in [5.41, 5.74) is 8.81. The van der Waals surface area contributed by atoms with Crippen LogP contribution in [0.5, 0.6) is 0 Å². The third-order valence-electron chi connectivity index (χ3n) is 3.51. The highest BCUT2D eigenvalue weighted by Crippen LogP contribution is 2.44. The first-order chi connectivity index (χ1) is 7.59. The van der Waals surface area contributed by atoms with E-state index in [0.717, 1.165) is 16.7 Å². The molecule has 1 unspecified atom stereocenters. The Kier molecular flexibility index (Phi) is 1.89. The summed E-state index contributed by atoms with van der Waals surface area (Å²) >= 11 is 0. The molecule has 0 saturated heterocycles. The van der Waals surface area contributed by atoms with Crippen molar-refractivity contribution in [1.82, 2.24) is 4.98 Å². The maximum absolute atomic E-state index is 6.30. The molecule has 1 heterocycles. The van der Waals surface area contributed by atoms with Crippen LogP contribution >= 0.6 is 0 Å². The van der Waals surface area contributed by atoms with E-state index in [9.17, 15) is 0 Å². The summed E-state index contributed by atoms with van der Waals surface area (Å²) in [5, 5.41) is 0. The van der Waals surface area contributed by atoms with Gasteiger partial charge in [-0.25, -0.2) is 4.98 Å². The molecule has 3 heteroatoms. The molecule has 3 rings (SSSR count). The second-order valence-corrected chi connectivity index (χ2v) is 5.00. The van der Waals surface area contributed by atoms with Crippen molar-refractivity contribution in [2.45, 2.75) is 32.2 Å². The van der Waals surface area contributed by atoms with E-state index in [-0.39, 0.29) is 0 Å². The molecule has 0 spiro atoms. The number of nitrogens with zero attached hydrogens (tertiary/aromatic N) is 1. The minimum Gasteiger partial charge on any atom is -0.439 e. The molecule has 1 aromatic heterocycles. The van der Waals surface area contributed by atoms with Crippen molar-refractivity contribution < 1.29 is 4.42 Å². The lowest BCUT2D eigenvalue weighted by atomic mass is 9.97. The predicted octanol–water partition coefficient (Wildman–Crippen LogP) is 2.72. The van der Waals surface area contributed by atoms with E-state index >= 15 is 0 Å². The van der Waals surface area contributed by atoms with Crippen molar-refractivity contribution in [3.05, 3.63) is 29.7 Å². The van der Waals surface area contributed by atoms with Gasteiger partial charge < -0.3 is 10.2 Å². The molecule has 16 heavy (non-hydrogen) atoms. The molecule has 84 valence electrons. The van der Waals surface area contributed by atoms with Crippen LogP contribution in [0.4, 0.5) is 0 Å². The number of aromatic nitrogens is 1. The van der Waals surface area contributed by atoms with Crippen molar-refractivity contribution in [2.75, 3.05) is 0 Å². The number of aryl methyl sites for hydroxylation is 1. The van der Waals surface area contributed by atoms with Gasteiger partial charge in [0.15, 0.2) is 5.58 Å². The quantitative estimate of drug-likeness (QED) is 0.839. The molecule has 0 amide bonds. The van der Waals surface area contributed by atoms with E-state index in [1.165, 1.54) is 12.8 Å². The van der Waals surface area contributed by atoms with Crippen molar-refractivity contribution in [1.29, 1.82) is 0 Å². The Labute approximate surface area is 94.7 Å². The van der Waals surface area contributed by atoms with Gasteiger partial charge in [-0.15, -0.1) is 0 Å². The SMILES string of the molecule is Cc1cccc2oc(C(C)(N)C3CC3)nc12. The molecule has 1 aromatic carbocycles. The van der Waals surface area contributed by atoms with E-state index in [2.05, 4.69) is 4.98 Å². The fourth-order valence-corrected chi connectivity index (χ4v) is 2.17. The van der Waals surface area contributed by atoms with E-state index in [1.807, 2.05) is 32.0 Å². The normalized spacial score (nSPS) is 19.9. The lowest BCUT2D eigenvalue weighted by molar-refractivity contribution is 0.327. The molecule has 1 saturated carbocycles. The number of oxazole rings is 1. The zero-order valence-electron chi connectivity index (χ0n) is 9.66. The van der Waals surface area contributed by atoms with E-state index in [0.29, 0.717) is 11.8 Å². The van der Waals surface area contributed by atoms with Crippen molar-refractivity contribution in [2.24, 2.45) is 11.7 Å². The minimum atomic E-state index is -0.411. The Morgan fingerprint density at radius 2 is 2.19 bits per heavy atom. The molecule has 1 fully saturated rings. The van der Waals surface area contributed by atoms with Crippen LogP contribution in [0.1, 0.15) is 31.2 Å². The Morgan fingerprint density at radius 1 is 1.44 bits per heavy atom. The van der Waals surface area contributed by atoms with Crippen LogP contribution in [0.15, 0.2) is 22.6 Å². The second kappa shape index (κ2) is 3.08. The van der Waals surface area contributed by atoms with Gasteiger partial charge in [0.1, 0.15) is 5.52 Å². The van der Waals surface area contributed by atoms with Gasteiger partial charge >= 0.3 is 0 Å². The van der Waals surface area contributed by atoms with Gasteiger partial charge in [0.25, 0.3) is 0 Å². The molecule has 1 aliphatic rings. The molecule has 2 aromatic rings. The Balaban J connectivity index is 2.15. The fourth-order valence-electron chi connectivity index (χ4n) is 2.17. The number of hydrogen-bond donors (Lipinski definition) is 1. The van der Waals surface area contributed by atoms with Crippen LogP contribution in [0.3, 0.4) is 0 Å². The van der Waals surface area contributed by atoms with Gasteiger partial charge in [0.05, 0.1) is 5.54 Å². The van der Waals surface area contributed by atoms with Gasteiger partial charge in [-0.3, -0.25) is 0 Å². The summed E-state index contributed by atoms with van der Waals surface area (Å²) in [5.74, 6) is 1.21. The number of para-hydroxylation sites is 1. The average molecular weight is 216 g/mol. The Morgan fingerprint density at radius 3 is 2.81 bits per heavy atom. The third kappa shape index (κ3) is 1.35. The standard InChI is InChI=1S/C13H16N2O/c1-8-4-3-5-10-11(8)15-12(16-10)13(2,14)9-6-7-9/h3-5,9H,6-7,14H2,1-2H3. The first-order valence-electron chi connectivity index (χ1n) is 5.74. The highest BCUT2D eigenvalue weighted by Gasteiger charge is 2.43. The van der Waals surface area contributed by atoms with Crippen molar-refractivity contribution in [3.8, 4) is 0 Å². The number of benzene rings is 1. The minimum absolute atomic E-state index is 0.411. The van der Waals surface area contributed by atoms with Gasteiger partial charge in [0, 0.05) is 0 Å². The first-order valence-corrected chi connectivity index (χ1v) is 5.74. The summed E-state index contributed by atoms with van der Waals surface area (Å²) in [6, 6.07) is 5.97. The lowest BCUT2D eigenvalue weighted by Gasteiger charge is -2.19. The summed E-state index contributed by atoms with van der Waals surface area (Å²) in [6.07, 6.45) is 2.37. The molecule has 0 aliphatic heterocycles. The number of hydrogen-bond acceptors (Lipinski definition) is 3. The largest absolute Gasteiger partial charge is 0.439 e. The highest BCUT2D eigenvalue weighted by atomic mass is 16.4.